The first-order chi connectivity index (χ1) is 7.52. The Balaban J connectivity index is 2.49. The van der Waals surface area contributed by atoms with Crippen LogP contribution in [0.4, 0.5) is 0 Å². The molecule has 0 saturated heterocycles. The summed E-state index contributed by atoms with van der Waals surface area (Å²) in [6.45, 7) is 1.85. The van der Waals surface area contributed by atoms with Gasteiger partial charge in [0.15, 0.2) is 0 Å². The summed E-state index contributed by atoms with van der Waals surface area (Å²) in [4.78, 5) is 28.1. The van der Waals surface area contributed by atoms with Crippen molar-refractivity contribution in [3.05, 3.63) is 16.1 Å². The number of aryl methyl sites for hydroxylation is 1. The first-order valence-corrected chi connectivity index (χ1v) is 5.62. The van der Waals surface area contributed by atoms with Crippen LogP contribution in [-0.2, 0) is 20.7 Å². The molecule has 0 aliphatic carbocycles. The van der Waals surface area contributed by atoms with Crippen LogP contribution in [0.2, 0.25) is 0 Å². The van der Waals surface area contributed by atoms with Gasteiger partial charge < -0.3 is 9.64 Å². The van der Waals surface area contributed by atoms with Crippen molar-refractivity contribution in [3.63, 3.8) is 0 Å². The summed E-state index contributed by atoms with van der Waals surface area (Å²) in [6, 6.07) is 0. The molecule has 0 spiro atoms. The normalized spacial score (nSPS) is 9.94. The molecule has 1 amide bonds. The number of amides is 1. The zero-order valence-electron chi connectivity index (χ0n) is 9.52. The highest BCUT2D eigenvalue weighted by Crippen LogP contribution is 2.10. The molecule has 0 aromatic carbocycles. The maximum Gasteiger partial charge on any atom is 0.325 e. The fraction of sp³-hybridized carbons (Fsp3) is 0.500. The van der Waals surface area contributed by atoms with E-state index in [4.69, 9.17) is 0 Å². The molecular weight excluding hydrogens is 228 g/mol. The van der Waals surface area contributed by atoms with Crippen molar-refractivity contribution in [3.8, 4) is 0 Å². The topological polar surface area (TPSA) is 59.5 Å². The van der Waals surface area contributed by atoms with Gasteiger partial charge in [-0.15, -0.1) is 11.3 Å². The lowest BCUT2D eigenvalue weighted by atomic mass is 10.4. The van der Waals surface area contributed by atoms with E-state index in [0.717, 1.165) is 10.7 Å². The van der Waals surface area contributed by atoms with Crippen LogP contribution in [-0.4, -0.2) is 42.5 Å². The summed E-state index contributed by atoms with van der Waals surface area (Å²) >= 11 is 1.45. The number of esters is 1. The Bertz CT molecular complexity index is 389. The molecule has 0 N–H and O–H groups in total. The van der Waals surface area contributed by atoms with Gasteiger partial charge in [-0.3, -0.25) is 9.59 Å². The zero-order valence-corrected chi connectivity index (χ0v) is 10.3. The molecule has 0 bridgehead atoms. The van der Waals surface area contributed by atoms with Crippen LogP contribution in [0, 0.1) is 6.92 Å². The third kappa shape index (κ3) is 3.62. The molecule has 0 fully saturated rings. The van der Waals surface area contributed by atoms with Crippen molar-refractivity contribution in [1.82, 2.24) is 9.88 Å². The van der Waals surface area contributed by atoms with E-state index >= 15 is 0 Å². The molecule has 16 heavy (non-hydrogen) atoms. The van der Waals surface area contributed by atoms with E-state index in [1.165, 1.54) is 23.3 Å². The van der Waals surface area contributed by atoms with Gasteiger partial charge in [-0.05, 0) is 6.92 Å². The second kappa shape index (κ2) is 5.60. The molecule has 0 aliphatic heterocycles. The van der Waals surface area contributed by atoms with Crippen LogP contribution >= 0.6 is 11.3 Å². The number of hydrogen-bond acceptors (Lipinski definition) is 5. The van der Waals surface area contributed by atoms with Gasteiger partial charge in [0.25, 0.3) is 0 Å². The van der Waals surface area contributed by atoms with Gasteiger partial charge in [-0.25, -0.2) is 4.98 Å². The van der Waals surface area contributed by atoms with E-state index in [0.29, 0.717) is 0 Å². The fourth-order valence-electron chi connectivity index (χ4n) is 1.09. The number of aromatic nitrogens is 1. The quantitative estimate of drug-likeness (QED) is 0.726. The predicted molar refractivity (Wildman–Crippen MR) is 60.2 cm³/mol. The molecule has 1 rings (SSSR count). The van der Waals surface area contributed by atoms with Gasteiger partial charge in [0.1, 0.15) is 11.6 Å². The standard InChI is InChI=1S/C10H14N2O3S/c1-7-6-16-8(11-7)4-9(13)12(2)5-10(14)15-3/h6H,4-5H2,1-3H3. The number of nitrogens with zero attached hydrogens (tertiary/aromatic N) is 2. The minimum atomic E-state index is -0.425. The minimum absolute atomic E-state index is 0.0281. The Morgan fingerprint density at radius 2 is 2.25 bits per heavy atom. The van der Waals surface area contributed by atoms with E-state index in [1.807, 2.05) is 12.3 Å². The molecular formula is C10H14N2O3S. The molecule has 0 saturated carbocycles. The lowest BCUT2D eigenvalue weighted by Gasteiger charge is -2.14. The Morgan fingerprint density at radius 3 is 2.75 bits per heavy atom. The zero-order chi connectivity index (χ0) is 12.1. The predicted octanol–water partition coefficient (Wildman–Crippen LogP) is 0.625. The van der Waals surface area contributed by atoms with Crippen LogP contribution in [0.15, 0.2) is 5.38 Å². The smallest absolute Gasteiger partial charge is 0.325 e. The highest BCUT2D eigenvalue weighted by atomic mass is 32.1. The molecule has 0 atom stereocenters. The van der Waals surface area contributed by atoms with Crippen molar-refractivity contribution >= 4 is 23.2 Å². The van der Waals surface area contributed by atoms with Gasteiger partial charge in [-0.2, -0.15) is 0 Å². The highest BCUT2D eigenvalue weighted by molar-refractivity contribution is 7.09. The van der Waals surface area contributed by atoms with Crippen LogP contribution in [0.5, 0.6) is 0 Å². The summed E-state index contributed by atoms with van der Waals surface area (Å²) in [5.41, 5.74) is 0.906. The maximum absolute atomic E-state index is 11.7. The summed E-state index contributed by atoms with van der Waals surface area (Å²) in [7, 11) is 2.87. The molecule has 6 heteroatoms. The molecule has 0 unspecified atom stereocenters. The molecule has 1 heterocycles. The molecule has 0 radical (unpaired) electrons. The SMILES string of the molecule is COC(=O)CN(C)C(=O)Cc1nc(C)cs1. The lowest BCUT2D eigenvalue weighted by molar-refractivity contribution is -0.145. The largest absolute Gasteiger partial charge is 0.468 e. The summed E-state index contributed by atoms with van der Waals surface area (Å²) in [5, 5.41) is 2.65. The lowest BCUT2D eigenvalue weighted by Crippen LogP contribution is -2.33. The second-order valence-electron chi connectivity index (χ2n) is 3.39. The number of methoxy groups -OCH3 is 1. The van der Waals surface area contributed by atoms with Crippen LogP contribution in [0.3, 0.4) is 0 Å². The first-order valence-electron chi connectivity index (χ1n) is 4.74. The average Bonchev–Trinajstić information content (AvgIpc) is 2.63. The number of ether oxygens (including phenoxy) is 1. The number of carbonyl (C=O) groups is 2. The van der Waals surface area contributed by atoms with Crippen molar-refractivity contribution in [2.45, 2.75) is 13.3 Å². The highest BCUT2D eigenvalue weighted by Gasteiger charge is 2.14. The maximum atomic E-state index is 11.7. The van der Waals surface area contributed by atoms with Crippen LogP contribution in [0.1, 0.15) is 10.7 Å². The third-order valence-corrected chi connectivity index (χ3v) is 2.96. The summed E-state index contributed by atoms with van der Waals surface area (Å²) < 4.78 is 4.48. The van der Waals surface area contributed by atoms with Gasteiger partial charge in [-0.1, -0.05) is 0 Å². The van der Waals surface area contributed by atoms with Crippen LogP contribution < -0.4 is 0 Å². The van der Waals surface area contributed by atoms with Crippen molar-refractivity contribution in [1.29, 1.82) is 0 Å². The van der Waals surface area contributed by atoms with Gasteiger partial charge in [0.05, 0.1) is 13.5 Å². The summed E-state index contributed by atoms with van der Waals surface area (Å²) in [6.07, 6.45) is 0.228. The van der Waals surface area contributed by atoms with E-state index in [9.17, 15) is 9.59 Å². The molecule has 0 aliphatic rings. The summed E-state index contributed by atoms with van der Waals surface area (Å²) in [5.74, 6) is -0.564. The second-order valence-corrected chi connectivity index (χ2v) is 4.33. The minimum Gasteiger partial charge on any atom is -0.468 e. The first kappa shape index (κ1) is 12.6. The van der Waals surface area contributed by atoms with E-state index < -0.39 is 5.97 Å². The Kier molecular flexibility index (Phi) is 4.42. The molecule has 1 aromatic heterocycles. The van der Waals surface area contributed by atoms with E-state index in [1.54, 1.807) is 7.05 Å². The molecule has 88 valence electrons. The Morgan fingerprint density at radius 1 is 1.56 bits per heavy atom. The fourth-order valence-corrected chi connectivity index (χ4v) is 1.86. The number of likely N-dealkylation sites (N-methyl/N-ethyl adjacent to an activating group) is 1. The Labute approximate surface area is 98.0 Å². The van der Waals surface area contributed by atoms with Crippen LogP contribution in [0.25, 0.3) is 0 Å². The van der Waals surface area contributed by atoms with Crippen molar-refractivity contribution in [2.24, 2.45) is 0 Å². The number of thiazole rings is 1. The third-order valence-electron chi connectivity index (χ3n) is 1.99. The average molecular weight is 242 g/mol. The Hall–Kier alpha value is -1.43. The molecule has 1 aromatic rings. The van der Waals surface area contributed by atoms with E-state index in [-0.39, 0.29) is 18.9 Å². The van der Waals surface area contributed by atoms with Gasteiger partial charge in [0, 0.05) is 18.1 Å². The number of rotatable bonds is 4. The molecule has 5 nitrogen and oxygen atoms in total. The van der Waals surface area contributed by atoms with Crippen molar-refractivity contribution < 1.29 is 14.3 Å². The van der Waals surface area contributed by atoms with Gasteiger partial charge in [0.2, 0.25) is 5.91 Å². The monoisotopic (exact) mass is 242 g/mol. The number of carbonyl (C=O) groups excluding carboxylic acids is 2. The number of hydrogen-bond donors (Lipinski definition) is 0. The van der Waals surface area contributed by atoms with E-state index in [2.05, 4.69) is 9.72 Å². The van der Waals surface area contributed by atoms with Crippen molar-refractivity contribution in [2.75, 3.05) is 20.7 Å². The van der Waals surface area contributed by atoms with Gasteiger partial charge >= 0.3 is 5.97 Å².